The van der Waals surface area contributed by atoms with Gasteiger partial charge in [0.2, 0.25) is 10.0 Å². The monoisotopic (exact) mass is 285 g/mol. The lowest BCUT2D eigenvalue weighted by Gasteiger charge is -2.15. The molecule has 8 heteroatoms. The lowest BCUT2D eigenvalue weighted by atomic mass is 10.2. The Morgan fingerprint density at radius 3 is 2.47 bits per heavy atom. The van der Waals surface area contributed by atoms with E-state index in [1.807, 2.05) is 0 Å². The van der Waals surface area contributed by atoms with Crippen molar-refractivity contribution in [3.05, 3.63) is 39.9 Å². The Balaban J connectivity index is 2.10. The molecule has 2 rings (SSSR count). The highest BCUT2D eigenvalue weighted by molar-refractivity contribution is 7.88. The Bertz CT molecular complexity index is 570. The molecule has 7 nitrogen and oxygen atoms in total. The van der Waals surface area contributed by atoms with E-state index in [1.165, 1.54) is 28.6 Å². The lowest BCUT2D eigenvalue weighted by molar-refractivity contribution is -0.384. The zero-order valence-electron chi connectivity index (χ0n) is 10.2. The molecule has 0 amide bonds. The molecule has 0 spiro atoms. The van der Waals surface area contributed by atoms with Gasteiger partial charge < -0.3 is 5.73 Å². The molecule has 1 saturated heterocycles. The first-order chi connectivity index (χ1) is 8.88. The SMILES string of the molecule is N[C@@H]1CCN(S(=O)(=O)Cc2ccc([N+](=O)[O-])cc2)C1. The van der Waals surface area contributed by atoms with Gasteiger partial charge in [-0.3, -0.25) is 10.1 Å². The molecule has 1 aliphatic rings. The third-order valence-corrected chi connectivity index (χ3v) is 4.89. The summed E-state index contributed by atoms with van der Waals surface area (Å²) in [5.74, 6) is -0.155. The molecule has 1 heterocycles. The first kappa shape index (κ1) is 13.9. The number of non-ortho nitro benzene ring substituents is 1. The van der Waals surface area contributed by atoms with E-state index in [4.69, 9.17) is 5.73 Å². The van der Waals surface area contributed by atoms with Crippen molar-refractivity contribution in [3.8, 4) is 0 Å². The molecule has 19 heavy (non-hydrogen) atoms. The quantitative estimate of drug-likeness (QED) is 0.638. The fraction of sp³-hybridized carbons (Fsp3) is 0.455. The number of nitrogens with zero attached hydrogens (tertiary/aromatic N) is 2. The van der Waals surface area contributed by atoms with E-state index in [0.717, 1.165) is 0 Å². The Morgan fingerprint density at radius 1 is 1.37 bits per heavy atom. The minimum atomic E-state index is -3.40. The van der Waals surface area contributed by atoms with Gasteiger partial charge in [0.05, 0.1) is 10.7 Å². The van der Waals surface area contributed by atoms with Crippen LogP contribution in [0.25, 0.3) is 0 Å². The van der Waals surface area contributed by atoms with Gasteiger partial charge in [0.25, 0.3) is 5.69 Å². The highest BCUT2D eigenvalue weighted by Gasteiger charge is 2.29. The minimum absolute atomic E-state index is 0.0515. The number of nitro groups is 1. The van der Waals surface area contributed by atoms with E-state index in [2.05, 4.69) is 0 Å². The first-order valence-electron chi connectivity index (χ1n) is 5.85. The standard InChI is InChI=1S/C11H15N3O4S/c12-10-5-6-13(7-10)19(17,18)8-9-1-3-11(4-2-9)14(15)16/h1-4,10H,5-8,12H2/t10-/m1/s1. The highest BCUT2D eigenvalue weighted by Crippen LogP contribution is 2.18. The Hall–Kier alpha value is -1.51. The van der Waals surface area contributed by atoms with Gasteiger partial charge in [0.1, 0.15) is 0 Å². The summed E-state index contributed by atoms with van der Waals surface area (Å²) < 4.78 is 25.6. The van der Waals surface area contributed by atoms with Crippen molar-refractivity contribution in [1.29, 1.82) is 0 Å². The van der Waals surface area contributed by atoms with Crippen LogP contribution >= 0.6 is 0 Å². The van der Waals surface area contributed by atoms with E-state index in [9.17, 15) is 18.5 Å². The molecule has 2 N–H and O–H groups in total. The van der Waals surface area contributed by atoms with Crippen LogP contribution in [0, 0.1) is 10.1 Å². The summed E-state index contributed by atoms with van der Waals surface area (Å²) in [6.45, 7) is 0.784. The smallest absolute Gasteiger partial charge is 0.269 e. The van der Waals surface area contributed by atoms with Crippen LogP contribution in [0.2, 0.25) is 0 Å². The molecule has 0 aliphatic carbocycles. The van der Waals surface area contributed by atoms with Crippen molar-refractivity contribution < 1.29 is 13.3 Å². The molecule has 1 aromatic carbocycles. The van der Waals surface area contributed by atoms with Gasteiger partial charge in [0.15, 0.2) is 0 Å². The van der Waals surface area contributed by atoms with Crippen LogP contribution in [0.4, 0.5) is 5.69 Å². The van der Waals surface area contributed by atoms with Crippen LogP contribution in [-0.4, -0.2) is 36.8 Å². The summed E-state index contributed by atoms with van der Waals surface area (Å²) in [6.07, 6.45) is 0.666. The molecule has 0 unspecified atom stereocenters. The average molecular weight is 285 g/mol. The summed E-state index contributed by atoms with van der Waals surface area (Å²) in [5, 5.41) is 10.5. The molecule has 1 aliphatic heterocycles. The molecular weight excluding hydrogens is 270 g/mol. The zero-order valence-corrected chi connectivity index (χ0v) is 11.0. The number of hydrogen-bond acceptors (Lipinski definition) is 5. The number of benzene rings is 1. The highest BCUT2D eigenvalue weighted by atomic mass is 32.2. The van der Waals surface area contributed by atoms with Crippen LogP contribution in [0.15, 0.2) is 24.3 Å². The fourth-order valence-corrected chi connectivity index (χ4v) is 3.62. The predicted molar refractivity (Wildman–Crippen MR) is 69.9 cm³/mol. The van der Waals surface area contributed by atoms with Crippen molar-refractivity contribution in [2.45, 2.75) is 18.2 Å². The predicted octanol–water partition coefficient (Wildman–Crippen LogP) is 0.458. The molecule has 1 atom stereocenters. The molecule has 0 aromatic heterocycles. The summed E-state index contributed by atoms with van der Waals surface area (Å²) in [4.78, 5) is 9.99. The van der Waals surface area contributed by atoms with E-state index in [1.54, 1.807) is 0 Å². The van der Waals surface area contributed by atoms with Gasteiger partial charge in [-0.15, -0.1) is 0 Å². The largest absolute Gasteiger partial charge is 0.326 e. The third-order valence-electron chi connectivity index (χ3n) is 3.08. The molecule has 104 valence electrons. The maximum Gasteiger partial charge on any atom is 0.269 e. The van der Waals surface area contributed by atoms with Crippen LogP contribution in [0.3, 0.4) is 0 Å². The van der Waals surface area contributed by atoms with Gasteiger partial charge in [-0.2, -0.15) is 0 Å². The number of rotatable bonds is 4. The second-order valence-corrected chi connectivity index (χ2v) is 6.56. The van der Waals surface area contributed by atoms with Crippen molar-refractivity contribution in [2.75, 3.05) is 13.1 Å². The topological polar surface area (TPSA) is 107 Å². The zero-order chi connectivity index (χ0) is 14.0. The second-order valence-electron chi connectivity index (χ2n) is 4.59. The van der Waals surface area contributed by atoms with Gasteiger partial charge in [-0.05, 0) is 12.0 Å². The second kappa shape index (κ2) is 5.24. The van der Waals surface area contributed by atoms with Crippen molar-refractivity contribution in [3.63, 3.8) is 0 Å². The van der Waals surface area contributed by atoms with Gasteiger partial charge in [0, 0.05) is 31.3 Å². The van der Waals surface area contributed by atoms with E-state index in [0.29, 0.717) is 25.1 Å². The van der Waals surface area contributed by atoms with Crippen LogP contribution in [0.5, 0.6) is 0 Å². The first-order valence-corrected chi connectivity index (χ1v) is 7.46. The molecule has 1 aromatic rings. The van der Waals surface area contributed by atoms with Gasteiger partial charge in [-0.25, -0.2) is 12.7 Å². The molecule has 1 fully saturated rings. The van der Waals surface area contributed by atoms with Crippen LogP contribution in [-0.2, 0) is 15.8 Å². The minimum Gasteiger partial charge on any atom is -0.326 e. The maximum absolute atomic E-state index is 12.1. The summed E-state index contributed by atoms with van der Waals surface area (Å²) in [6, 6.07) is 5.44. The van der Waals surface area contributed by atoms with Crippen molar-refractivity contribution in [2.24, 2.45) is 5.73 Å². The average Bonchev–Trinajstić information content (AvgIpc) is 2.77. The Morgan fingerprint density at radius 2 is 2.00 bits per heavy atom. The van der Waals surface area contributed by atoms with E-state index >= 15 is 0 Å². The van der Waals surface area contributed by atoms with Gasteiger partial charge >= 0.3 is 0 Å². The van der Waals surface area contributed by atoms with Gasteiger partial charge in [-0.1, -0.05) is 12.1 Å². The Kier molecular flexibility index (Phi) is 3.83. The molecular formula is C11H15N3O4S. The van der Waals surface area contributed by atoms with Crippen LogP contribution < -0.4 is 5.73 Å². The Labute approximate surface area is 111 Å². The third kappa shape index (κ3) is 3.28. The van der Waals surface area contributed by atoms with E-state index in [-0.39, 0.29) is 17.5 Å². The molecule has 0 radical (unpaired) electrons. The van der Waals surface area contributed by atoms with E-state index < -0.39 is 14.9 Å². The molecule has 0 saturated carbocycles. The number of nitrogens with two attached hydrogens (primary N) is 1. The number of sulfonamides is 1. The fourth-order valence-electron chi connectivity index (χ4n) is 2.02. The maximum atomic E-state index is 12.1. The van der Waals surface area contributed by atoms with Crippen molar-refractivity contribution >= 4 is 15.7 Å². The molecule has 0 bridgehead atoms. The summed E-state index contributed by atoms with van der Waals surface area (Å²) in [7, 11) is -3.40. The number of hydrogen-bond donors (Lipinski definition) is 1. The lowest BCUT2D eigenvalue weighted by Crippen LogP contribution is -2.32. The van der Waals surface area contributed by atoms with Crippen LogP contribution in [0.1, 0.15) is 12.0 Å². The van der Waals surface area contributed by atoms with Crippen molar-refractivity contribution in [1.82, 2.24) is 4.31 Å². The number of nitro benzene ring substituents is 1. The summed E-state index contributed by atoms with van der Waals surface area (Å²) in [5.41, 5.74) is 6.17. The normalized spacial score (nSPS) is 20.6. The summed E-state index contributed by atoms with van der Waals surface area (Å²) >= 11 is 0.